The van der Waals surface area contributed by atoms with Crippen LogP contribution in [-0.4, -0.2) is 13.1 Å². The monoisotopic (exact) mass is 400 g/mol. The van der Waals surface area contributed by atoms with Crippen molar-refractivity contribution in [3.8, 4) is 5.75 Å². The predicted molar refractivity (Wildman–Crippen MR) is 94.0 cm³/mol. The smallest absolute Gasteiger partial charge is 0.416 e. The highest BCUT2D eigenvalue weighted by atomic mass is 35.5. The van der Waals surface area contributed by atoms with Gasteiger partial charge in [-0.1, -0.05) is 23.7 Å². The molecule has 0 fully saturated rings. The van der Waals surface area contributed by atoms with Crippen molar-refractivity contribution in [1.29, 1.82) is 0 Å². The maximum atomic E-state index is 12.6. The molecule has 1 heterocycles. The average Bonchev–Trinajstić information content (AvgIpc) is 2.99. The Balaban J connectivity index is 1.91. The number of hydrogen-bond donors (Lipinski definition) is 0. The van der Waals surface area contributed by atoms with Crippen LogP contribution in [0.1, 0.15) is 21.5 Å². The Morgan fingerprint density at radius 1 is 1.15 bits per heavy atom. The van der Waals surface area contributed by atoms with E-state index in [1.807, 2.05) is 0 Å². The molecule has 0 unspecified atom stereocenters. The van der Waals surface area contributed by atoms with E-state index in [2.05, 4.69) is 0 Å². The predicted octanol–water partition coefficient (Wildman–Crippen LogP) is 5.94. The fourth-order valence-electron chi connectivity index (χ4n) is 2.43. The van der Waals surface area contributed by atoms with Gasteiger partial charge in [-0.05, 0) is 35.9 Å². The van der Waals surface area contributed by atoms with Gasteiger partial charge >= 0.3 is 12.1 Å². The molecule has 2 aromatic carbocycles. The molecule has 0 N–H and O–H groups in total. The number of thiophene rings is 1. The quantitative estimate of drug-likeness (QED) is 0.508. The summed E-state index contributed by atoms with van der Waals surface area (Å²) in [6.07, 6.45) is -4.39. The normalized spacial score (nSPS) is 11.6. The number of methoxy groups -OCH3 is 1. The standard InChI is InChI=1S/C18H12ClF3O3S/c1-24-17(23)12-6-7-14-13(8-15(19)26-14)16(12)25-9-10-2-4-11(5-3-10)18(20,21)22/h2-8H,9H2,1H3. The Kier molecular flexibility index (Phi) is 5.11. The number of halogens is 4. The highest BCUT2D eigenvalue weighted by Crippen LogP contribution is 2.38. The minimum absolute atomic E-state index is 0.00525. The molecule has 0 aliphatic rings. The zero-order chi connectivity index (χ0) is 18.9. The minimum atomic E-state index is -4.39. The number of rotatable bonds is 4. The summed E-state index contributed by atoms with van der Waals surface area (Å²) >= 11 is 7.37. The zero-order valence-corrected chi connectivity index (χ0v) is 15.0. The van der Waals surface area contributed by atoms with Crippen molar-refractivity contribution in [3.05, 3.63) is 63.5 Å². The average molecular weight is 401 g/mol. The van der Waals surface area contributed by atoms with Crippen LogP contribution in [0.15, 0.2) is 42.5 Å². The third kappa shape index (κ3) is 3.78. The van der Waals surface area contributed by atoms with Crippen LogP contribution in [-0.2, 0) is 17.5 Å². The number of esters is 1. The van der Waals surface area contributed by atoms with Gasteiger partial charge in [-0.25, -0.2) is 4.79 Å². The number of carbonyl (C=O) groups is 1. The van der Waals surface area contributed by atoms with Crippen LogP contribution in [0, 0.1) is 0 Å². The number of carbonyl (C=O) groups excluding carboxylic acids is 1. The first-order valence-corrected chi connectivity index (χ1v) is 8.58. The Bertz CT molecular complexity index is 949. The van der Waals surface area contributed by atoms with E-state index in [1.165, 1.54) is 30.6 Å². The second-order valence-corrected chi connectivity index (χ2v) is 7.09. The van der Waals surface area contributed by atoms with Crippen molar-refractivity contribution < 1.29 is 27.4 Å². The van der Waals surface area contributed by atoms with Crippen LogP contribution >= 0.6 is 22.9 Å². The molecular formula is C18H12ClF3O3S. The summed E-state index contributed by atoms with van der Waals surface area (Å²) in [5.41, 5.74) is 0.0248. The third-order valence-electron chi connectivity index (χ3n) is 3.69. The second kappa shape index (κ2) is 7.17. The van der Waals surface area contributed by atoms with Gasteiger partial charge in [-0.2, -0.15) is 13.2 Å². The van der Waals surface area contributed by atoms with Gasteiger partial charge in [-0.3, -0.25) is 0 Å². The number of alkyl halides is 3. The lowest BCUT2D eigenvalue weighted by Crippen LogP contribution is -2.07. The van der Waals surface area contributed by atoms with Crippen molar-refractivity contribution in [3.63, 3.8) is 0 Å². The van der Waals surface area contributed by atoms with E-state index in [9.17, 15) is 18.0 Å². The largest absolute Gasteiger partial charge is 0.487 e. The Labute approximate surface area is 155 Å². The summed E-state index contributed by atoms with van der Waals surface area (Å²) in [4.78, 5) is 12.0. The molecule has 0 amide bonds. The molecule has 8 heteroatoms. The molecule has 0 atom stereocenters. The molecule has 0 aliphatic carbocycles. The van der Waals surface area contributed by atoms with Crippen LogP contribution in [0.4, 0.5) is 13.2 Å². The molecule has 3 aromatic rings. The fraction of sp³-hybridized carbons (Fsp3) is 0.167. The van der Waals surface area contributed by atoms with Gasteiger partial charge in [0.25, 0.3) is 0 Å². The first-order chi connectivity index (χ1) is 12.3. The van der Waals surface area contributed by atoms with Gasteiger partial charge < -0.3 is 9.47 Å². The molecule has 0 spiro atoms. The molecule has 3 nitrogen and oxygen atoms in total. The van der Waals surface area contributed by atoms with E-state index >= 15 is 0 Å². The Morgan fingerprint density at radius 3 is 2.46 bits per heavy atom. The first kappa shape index (κ1) is 18.5. The third-order valence-corrected chi connectivity index (χ3v) is 4.92. The summed E-state index contributed by atoms with van der Waals surface area (Å²) in [5, 5.41) is 0.648. The molecule has 26 heavy (non-hydrogen) atoms. The SMILES string of the molecule is COC(=O)c1ccc2sc(Cl)cc2c1OCc1ccc(C(F)(F)F)cc1. The van der Waals surface area contributed by atoms with E-state index in [0.717, 1.165) is 16.8 Å². The van der Waals surface area contributed by atoms with Crippen LogP contribution in [0.5, 0.6) is 5.75 Å². The number of fused-ring (bicyclic) bond motifs is 1. The van der Waals surface area contributed by atoms with Crippen molar-refractivity contribution >= 4 is 39.0 Å². The van der Waals surface area contributed by atoms with Gasteiger partial charge in [0.1, 0.15) is 17.9 Å². The van der Waals surface area contributed by atoms with Crippen LogP contribution in [0.3, 0.4) is 0 Å². The summed E-state index contributed by atoms with van der Waals surface area (Å²) in [6.45, 7) is -0.00525. The van der Waals surface area contributed by atoms with Gasteiger partial charge in [0.2, 0.25) is 0 Å². The van der Waals surface area contributed by atoms with E-state index in [4.69, 9.17) is 21.1 Å². The highest BCUT2D eigenvalue weighted by Gasteiger charge is 2.30. The molecular weight excluding hydrogens is 389 g/mol. The van der Waals surface area contributed by atoms with E-state index in [1.54, 1.807) is 18.2 Å². The lowest BCUT2D eigenvalue weighted by atomic mass is 10.1. The molecule has 0 saturated heterocycles. The highest BCUT2D eigenvalue weighted by molar-refractivity contribution is 7.22. The Morgan fingerprint density at radius 2 is 1.85 bits per heavy atom. The summed E-state index contributed by atoms with van der Waals surface area (Å²) in [5.74, 6) is -0.283. The van der Waals surface area contributed by atoms with Crippen LogP contribution < -0.4 is 4.74 Å². The summed E-state index contributed by atoms with van der Waals surface area (Å²) in [7, 11) is 1.26. The number of ether oxygens (including phenoxy) is 2. The maximum Gasteiger partial charge on any atom is 0.416 e. The first-order valence-electron chi connectivity index (χ1n) is 7.39. The van der Waals surface area contributed by atoms with Crippen LogP contribution in [0.2, 0.25) is 4.34 Å². The van der Waals surface area contributed by atoms with E-state index in [0.29, 0.717) is 15.3 Å². The van der Waals surface area contributed by atoms with Crippen molar-refractivity contribution in [2.75, 3.05) is 7.11 Å². The Hall–Kier alpha value is -2.25. The van der Waals surface area contributed by atoms with Gasteiger partial charge in [-0.15, -0.1) is 11.3 Å². The van der Waals surface area contributed by atoms with Gasteiger partial charge in [0.05, 0.1) is 17.0 Å². The van der Waals surface area contributed by atoms with Gasteiger partial charge in [0, 0.05) is 10.1 Å². The zero-order valence-electron chi connectivity index (χ0n) is 13.4. The molecule has 0 saturated carbocycles. The van der Waals surface area contributed by atoms with Crippen LogP contribution in [0.25, 0.3) is 10.1 Å². The lowest BCUT2D eigenvalue weighted by molar-refractivity contribution is -0.137. The molecule has 136 valence electrons. The number of benzene rings is 2. The minimum Gasteiger partial charge on any atom is -0.487 e. The van der Waals surface area contributed by atoms with E-state index < -0.39 is 17.7 Å². The van der Waals surface area contributed by atoms with E-state index in [-0.39, 0.29) is 17.9 Å². The molecule has 0 aliphatic heterocycles. The lowest BCUT2D eigenvalue weighted by Gasteiger charge is -2.12. The van der Waals surface area contributed by atoms with Crippen molar-refractivity contribution in [2.24, 2.45) is 0 Å². The summed E-state index contributed by atoms with van der Waals surface area (Å²) < 4.78 is 49.8. The summed E-state index contributed by atoms with van der Waals surface area (Å²) in [6, 6.07) is 9.63. The number of hydrogen-bond acceptors (Lipinski definition) is 4. The molecule has 3 rings (SSSR count). The maximum absolute atomic E-state index is 12.6. The molecule has 1 aromatic heterocycles. The van der Waals surface area contributed by atoms with Crippen molar-refractivity contribution in [1.82, 2.24) is 0 Å². The topological polar surface area (TPSA) is 35.5 Å². The van der Waals surface area contributed by atoms with Gasteiger partial charge in [0.15, 0.2) is 0 Å². The molecule has 0 bridgehead atoms. The second-order valence-electron chi connectivity index (χ2n) is 5.38. The molecule has 0 radical (unpaired) electrons. The van der Waals surface area contributed by atoms with Crippen molar-refractivity contribution in [2.45, 2.75) is 12.8 Å². The fourth-order valence-corrected chi connectivity index (χ4v) is 3.57.